The van der Waals surface area contributed by atoms with Crippen LogP contribution >= 0.6 is 0 Å². The molecule has 0 aromatic heterocycles. The smallest absolute Gasteiger partial charge is 0.481 e. The summed E-state index contributed by atoms with van der Waals surface area (Å²) < 4.78 is 27.0. The van der Waals surface area contributed by atoms with Gasteiger partial charge in [-0.2, -0.15) is 0 Å². The molecule has 1 unspecified atom stereocenters. The number of benzene rings is 1. The van der Waals surface area contributed by atoms with Crippen LogP contribution in [0.25, 0.3) is 0 Å². The quantitative estimate of drug-likeness (QED) is 0.0768. The molecule has 2 heterocycles. The fraction of sp³-hybridized carbons (Fsp3) is 0.604. The number of amides is 1. The Morgan fingerprint density at radius 1 is 0.969 bits per heavy atom. The third-order valence-electron chi connectivity index (χ3n) is 10.7. The number of Topliss-reactive ketones (excluding diaryl/α,β-unsaturated/α-hetero) is 1. The van der Waals surface area contributed by atoms with Gasteiger partial charge < -0.3 is 49.8 Å². The van der Waals surface area contributed by atoms with Gasteiger partial charge in [-0.25, -0.2) is 14.4 Å². The Kier molecular flexibility index (Phi) is 27.1. The number of carboxylic acids is 3. The lowest BCUT2D eigenvalue weighted by molar-refractivity contribution is -0.232. The highest BCUT2D eigenvalue weighted by molar-refractivity contribution is 5.94. The summed E-state index contributed by atoms with van der Waals surface area (Å²) in [5, 5.41) is 35.2. The number of terminal acetylenes is 2. The molecule has 0 bridgehead atoms. The third kappa shape index (κ3) is 20.6. The summed E-state index contributed by atoms with van der Waals surface area (Å²) in [7, 11) is 0. The number of nitrogens with two attached hydrogens (primary N) is 1. The Labute approximate surface area is 383 Å². The number of aliphatic carboxylic acids is 2. The van der Waals surface area contributed by atoms with Crippen LogP contribution in [0.3, 0.4) is 0 Å². The number of carbonyl (C=O) groups is 7. The molecular weight excluding hydrogens is 847 g/mol. The van der Waals surface area contributed by atoms with E-state index in [-0.39, 0.29) is 23.7 Å². The van der Waals surface area contributed by atoms with Crippen molar-refractivity contribution in [1.82, 2.24) is 0 Å². The first-order valence-electron chi connectivity index (χ1n) is 21.0. The number of aliphatic hydroxyl groups is 1. The summed E-state index contributed by atoms with van der Waals surface area (Å²) >= 11 is 0. The van der Waals surface area contributed by atoms with Crippen molar-refractivity contribution < 1.29 is 77.7 Å². The number of carbonyl (C=O) groups excluding carboxylic acids is 4. The van der Waals surface area contributed by atoms with E-state index in [1.165, 1.54) is 6.92 Å². The van der Waals surface area contributed by atoms with Crippen LogP contribution < -0.4 is 5.73 Å². The van der Waals surface area contributed by atoms with Crippen LogP contribution in [0.1, 0.15) is 131 Å². The zero-order chi connectivity index (χ0) is 51.0. The molecule has 6 N–H and O–H groups in total. The lowest BCUT2D eigenvalue weighted by atomic mass is 9.53. The van der Waals surface area contributed by atoms with Crippen LogP contribution in [0.5, 0.6) is 0 Å². The average Bonchev–Trinajstić information content (AvgIpc) is 3.46. The van der Waals surface area contributed by atoms with Crippen molar-refractivity contribution in [3.63, 3.8) is 0 Å². The second kappa shape index (κ2) is 28.8. The molecule has 364 valence electrons. The van der Waals surface area contributed by atoms with Crippen molar-refractivity contribution in [2.45, 2.75) is 157 Å². The number of hydrogen-bond donors (Lipinski definition) is 5. The van der Waals surface area contributed by atoms with E-state index in [2.05, 4.69) is 44.3 Å². The number of aromatic carboxylic acids is 1. The molecule has 1 saturated carbocycles. The van der Waals surface area contributed by atoms with Crippen LogP contribution in [-0.4, -0.2) is 105 Å². The minimum absolute atomic E-state index is 0.0432. The monoisotopic (exact) mass is 917 g/mol. The Bertz CT molecular complexity index is 1790. The van der Waals surface area contributed by atoms with E-state index < -0.39 is 71.1 Å². The maximum atomic E-state index is 14.1. The Morgan fingerprint density at radius 2 is 1.51 bits per heavy atom. The molecule has 8 atom stereocenters. The molecular formula is C48H71NO16. The number of primary amides is 1. The lowest BCUT2D eigenvalue weighted by Crippen LogP contribution is -2.65. The number of ketones is 1. The van der Waals surface area contributed by atoms with Crippen LogP contribution in [-0.2, 0) is 42.9 Å². The van der Waals surface area contributed by atoms with Gasteiger partial charge in [-0.15, -0.1) is 25.7 Å². The molecule has 0 spiro atoms. The fourth-order valence-electron chi connectivity index (χ4n) is 7.61. The van der Waals surface area contributed by atoms with Gasteiger partial charge >= 0.3 is 30.2 Å². The molecule has 1 aromatic rings. The highest BCUT2D eigenvalue weighted by Crippen LogP contribution is 2.56. The highest BCUT2D eigenvalue weighted by atomic mass is 16.8. The predicted molar refractivity (Wildman–Crippen MR) is 241 cm³/mol. The first kappa shape index (κ1) is 61.2. The van der Waals surface area contributed by atoms with Crippen molar-refractivity contribution >= 4 is 41.9 Å². The first-order chi connectivity index (χ1) is 30.1. The van der Waals surface area contributed by atoms with Crippen molar-refractivity contribution in [3.8, 4) is 25.7 Å². The van der Waals surface area contributed by atoms with Gasteiger partial charge in [0.1, 0.15) is 11.7 Å². The van der Waals surface area contributed by atoms with E-state index in [1.807, 2.05) is 20.8 Å². The normalized spacial score (nSPS) is 26.9. The zero-order valence-corrected chi connectivity index (χ0v) is 39.7. The molecule has 4 aliphatic rings. The zero-order valence-electron chi connectivity index (χ0n) is 39.7. The topological polar surface area (TPSA) is 273 Å². The van der Waals surface area contributed by atoms with Crippen LogP contribution in [0, 0.1) is 48.9 Å². The van der Waals surface area contributed by atoms with Gasteiger partial charge in [-0.3, -0.25) is 19.2 Å². The second-order valence-electron chi connectivity index (χ2n) is 17.3. The van der Waals surface area contributed by atoms with E-state index in [9.17, 15) is 33.9 Å². The SMILES string of the molecule is C#C.C#C.CC(=O)O.CC(C)(C)OC(N)=O.CC(C)CCCC(=O)O.CC/C1=C(/C)C[C@@H]2OC(=O)O[C@@]2(C)CC2[C@@H]3CO[C@@H]3C[C@H](O)[C@@]2(C)C(=O)[C@@H]1OC(C)=O.O=C(O)c1ccccc1. The molecule has 1 aromatic carbocycles. The van der Waals surface area contributed by atoms with Crippen molar-refractivity contribution in [3.05, 3.63) is 47.0 Å². The maximum absolute atomic E-state index is 14.1. The van der Waals surface area contributed by atoms with E-state index in [0.717, 1.165) is 25.3 Å². The lowest BCUT2D eigenvalue weighted by Gasteiger charge is -2.57. The number of ether oxygens (including phenoxy) is 5. The van der Waals surface area contributed by atoms with E-state index in [1.54, 1.807) is 58.0 Å². The maximum Gasteiger partial charge on any atom is 0.509 e. The number of esters is 1. The number of rotatable bonds is 7. The minimum Gasteiger partial charge on any atom is -0.481 e. The molecule has 3 fully saturated rings. The van der Waals surface area contributed by atoms with Gasteiger partial charge in [0.05, 0.1) is 29.8 Å². The van der Waals surface area contributed by atoms with E-state index in [0.29, 0.717) is 55.8 Å². The highest BCUT2D eigenvalue weighted by Gasteiger charge is 2.64. The van der Waals surface area contributed by atoms with E-state index in [4.69, 9.17) is 44.8 Å². The summed E-state index contributed by atoms with van der Waals surface area (Å²) in [6.07, 6.45) is 15.6. The molecule has 2 aliphatic heterocycles. The molecule has 2 saturated heterocycles. The Morgan fingerprint density at radius 3 is 1.88 bits per heavy atom. The predicted octanol–water partition coefficient (Wildman–Crippen LogP) is 7.46. The summed E-state index contributed by atoms with van der Waals surface area (Å²) in [6, 6.07) is 8.30. The fourth-order valence-corrected chi connectivity index (χ4v) is 7.61. The van der Waals surface area contributed by atoms with Gasteiger partial charge in [0.2, 0.25) is 0 Å². The summed E-state index contributed by atoms with van der Waals surface area (Å²) in [4.78, 5) is 77.4. The van der Waals surface area contributed by atoms with Crippen LogP contribution in [0.2, 0.25) is 0 Å². The number of hydrogen-bond acceptors (Lipinski definition) is 13. The third-order valence-corrected chi connectivity index (χ3v) is 10.7. The van der Waals surface area contributed by atoms with Crippen molar-refractivity contribution in [1.29, 1.82) is 0 Å². The standard InChI is InChI=1S/C23H32O8.C7H6O2.C7H14O2.C5H11NO2.C2H4O2.2C2H2/c1-6-13-11(2)7-18-22(4,31-21(27)30-18)9-15-14-10-28-16(14)8-17(25)23(15,5)20(26)19(13)29-12(3)24;8-7(9)6-4-2-1-3-5-6;1-6(2)4-3-5-7(8)9;1-5(2,3)8-4(6)7;1-2(3)4;2*1-2/h14-19,25H,6-10H2,1-5H3;1-5H,(H,8,9);6H,3-5H2,1-2H3,(H,8,9);1-3H3,(H2,6,7);1H3,(H,3,4);2*1-2H/b13-11+;;;;;;/t14-,15?,16+,17-,18-,19+,22-,23-;;;;;;/m0....../s1. The molecule has 17 heteroatoms. The molecule has 5 rings (SSSR count). The molecule has 2 aliphatic carbocycles. The summed E-state index contributed by atoms with van der Waals surface area (Å²) in [5.41, 5.74) is 3.99. The van der Waals surface area contributed by atoms with Gasteiger partial charge in [-0.1, -0.05) is 51.0 Å². The van der Waals surface area contributed by atoms with Crippen molar-refractivity contribution in [2.24, 2.45) is 28.9 Å². The van der Waals surface area contributed by atoms with Gasteiger partial charge in [0, 0.05) is 39.0 Å². The Balaban J connectivity index is 0. The van der Waals surface area contributed by atoms with Crippen LogP contribution in [0.15, 0.2) is 41.5 Å². The van der Waals surface area contributed by atoms with Gasteiger partial charge in [-0.05, 0) is 90.3 Å². The minimum atomic E-state index is -1.19. The number of aliphatic hydroxyl groups excluding tert-OH is 1. The van der Waals surface area contributed by atoms with Gasteiger partial charge in [0.15, 0.2) is 17.5 Å². The first-order valence-corrected chi connectivity index (χ1v) is 21.0. The van der Waals surface area contributed by atoms with E-state index >= 15 is 0 Å². The average molecular weight is 918 g/mol. The van der Waals surface area contributed by atoms with Gasteiger partial charge in [0.25, 0.3) is 5.97 Å². The molecule has 17 nitrogen and oxygen atoms in total. The Hall–Kier alpha value is -5.91. The summed E-state index contributed by atoms with van der Waals surface area (Å²) in [5.74, 6) is -2.89. The molecule has 1 amide bonds. The summed E-state index contributed by atoms with van der Waals surface area (Å²) in [6.45, 7) is 19.7. The molecule has 65 heavy (non-hydrogen) atoms. The largest absolute Gasteiger partial charge is 0.509 e. The second-order valence-corrected chi connectivity index (χ2v) is 17.3. The van der Waals surface area contributed by atoms with Crippen molar-refractivity contribution in [2.75, 3.05) is 6.61 Å². The molecule has 0 radical (unpaired) electrons. The van der Waals surface area contributed by atoms with Crippen LogP contribution in [0.4, 0.5) is 9.59 Å². The number of fused-ring (bicyclic) bond motifs is 4. The number of carboxylic acid groups (broad SMARTS) is 3.